The summed E-state index contributed by atoms with van der Waals surface area (Å²) in [7, 11) is 0. The first-order valence-electron chi connectivity index (χ1n) is 7.94. The number of anilines is 1. The average Bonchev–Trinajstić information content (AvgIpc) is 3.16. The smallest absolute Gasteiger partial charge is 0.291 e. The van der Waals surface area contributed by atoms with Crippen molar-refractivity contribution in [2.75, 3.05) is 5.32 Å². The van der Waals surface area contributed by atoms with E-state index in [4.69, 9.17) is 4.42 Å². The molecule has 1 heterocycles. The summed E-state index contributed by atoms with van der Waals surface area (Å²) in [6, 6.07) is 16.5. The Morgan fingerprint density at radius 1 is 1.04 bits per heavy atom. The Morgan fingerprint density at radius 3 is 2.56 bits per heavy atom. The third-order valence-corrected chi connectivity index (χ3v) is 3.99. The van der Waals surface area contributed by atoms with Crippen molar-refractivity contribution in [2.24, 2.45) is 0 Å². The van der Waals surface area contributed by atoms with E-state index in [9.17, 15) is 14.7 Å². The molecule has 0 spiro atoms. The first kappa shape index (κ1) is 18.5. The summed E-state index contributed by atoms with van der Waals surface area (Å²) < 4.78 is 5.90. The lowest BCUT2D eigenvalue weighted by molar-refractivity contribution is -0.113. The number of benzene rings is 2. The minimum atomic E-state index is -0.549. The number of phenols is 1. The average molecular weight is 427 g/mol. The molecule has 0 fully saturated rings. The van der Waals surface area contributed by atoms with E-state index in [1.165, 1.54) is 24.5 Å². The predicted molar refractivity (Wildman–Crippen MR) is 105 cm³/mol. The van der Waals surface area contributed by atoms with Crippen molar-refractivity contribution in [1.82, 2.24) is 5.32 Å². The van der Waals surface area contributed by atoms with Crippen molar-refractivity contribution in [3.8, 4) is 5.75 Å². The first-order chi connectivity index (χ1) is 13.0. The van der Waals surface area contributed by atoms with Gasteiger partial charge in [0.05, 0.1) is 6.26 Å². The normalized spacial score (nSPS) is 11.1. The molecule has 27 heavy (non-hydrogen) atoms. The summed E-state index contributed by atoms with van der Waals surface area (Å²) in [6.07, 6.45) is 2.92. The number of phenolic OH excluding ortho intramolecular Hbond substituents is 1. The number of amides is 2. The maximum absolute atomic E-state index is 12.7. The summed E-state index contributed by atoms with van der Waals surface area (Å²) in [6.45, 7) is 0. The first-order valence-corrected chi connectivity index (χ1v) is 8.73. The van der Waals surface area contributed by atoms with Gasteiger partial charge in [0, 0.05) is 16.2 Å². The van der Waals surface area contributed by atoms with Crippen LogP contribution in [0.25, 0.3) is 6.08 Å². The zero-order valence-electron chi connectivity index (χ0n) is 14.0. The molecule has 7 heteroatoms. The van der Waals surface area contributed by atoms with Crippen LogP contribution in [-0.4, -0.2) is 16.9 Å². The van der Waals surface area contributed by atoms with Gasteiger partial charge < -0.3 is 20.2 Å². The predicted octanol–water partition coefficient (Wildman–Crippen LogP) is 4.16. The Labute approximate surface area is 163 Å². The minimum Gasteiger partial charge on any atom is -0.508 e. The number of hydrogen-bond acceptors (Lipinski definition) is 4. The topological polar surface area (TPSA) is 91.6 Å². The number of furan rings is 1. The fourth-order valence-electron chi connectivity index (χ4n) is 2.30. The Hall–Kier alpha value is -3.32. The number of carbonyl (C=O) groups excluding carboxylic acids is 2. The molecule has 3 rings (SSSR count). The largest absolute Gasteiger partial charge is 0.508 e. The third kappa shape index (κ3) is 5.08. The van der Waals surface area contributed by atoms with Crippen molar-refractivity contribution in [3.05, 3.63) is 88.4 Å². The summed E-state index contributed by atoms with van der Waals surface area (Å²) in [5.74, 6) is -0.988. The number of halogens is 1. The molecule has 0 radical (unpaired) electrons. The van der Waals surface area contributed by atoms with E-state index in [1.54, 1.807) is 36.4 Å². The lowest BCUT2D eigenvalue weighted by Crippen LogP contribution is -2.30. The van der Waals surface area contributed by atoms with Crippen molar-refractivity contribution in [2.45, 2.75) is 0 Å². The molecule has 0 atom stereocenters. The highest BCUT2D eigenvalue weighted by molar-refractivity contribution is 9.10. The van der Waals surface area contributed by atoms with Crippen LogP contribution >= 0.6 is 15.9 Å². The molecule has 0 aliphatic heterocycles. The van der Waals surface area contributed by atoms with Crippen LogP contribution in [0.3, 0.4) is 0 Å². The number of nitrogens with one attached hydrogen (secondary N) is 2. The van der Waals surface area contributed by atoms with Crippen molar-refractivity contribution < 1.29 is 19.1 Å². The number of aromatic hydroxyl groups is 1. The number of carbonyl (C=O) groups is 2. The standard InChI is InChI=1S/C20H15BrN2O4/c21-14-5-1-4-13(10-14)11-17(23-20(26)18-8-3-9-27-18)19(25)22-15-6-2-7-16(24)12-15/h1-12,24H,(H,22,25)(H,23,26)/b17-11-. The van der Waals surface area contributed by atoms with Gasteiger partial charge in [0.2, 0.25) is 0 Å². The Balaban J connectivity index is 1.88. The molecule has 0 saturated carbocycles. The summed E-state index contributed by atoms with van der Waals surface area (Å²) >= 11 is 3.37. The van der Waals surface area contributed by atoms with Crippen LogP contribution in [0.5, 0.6) is 5.75 Å². The van der Waals surface area contributed by atoms with Crippen LogP contribution in [0.1, 0.15) is 16.1 Å². The van der Waals surface area contributed by atoms with Gasteiger partial charge in [-0.15, -0.1) is 0 Å². The van der Waals surface area contributed by atoms with Crippen LogP contribution in [0.4, 0.5) is 5.69 Å². The molecule has 1 aromatic heterocycles. The lowest BCUT2D eigenvalue weighted by atomic mass is 10.2. The van der Waals surface area contributed by atoms with Crippen LogP contribution in [-0.2, 0) is 4.79 Å². The van der Waals surface area contributed by atoms with Crippen molar-refractivity contribution >= 4 is 39.5 Å². The zero-order chi connectivity index (χ0) is 19.2. The fraction of sp³-hybridized carbons (Fsp3) is 0. The monoisotopic (exact) mass is 426 g/mol. The molecular formula is C20H15BrN2O4. The molecule has 0 unspecified atom stereocenters. The van der Waals surface area contributed by atoms with Crippen molar-refractivity contribution in [3.63, 3.8) is 0 Å². The van der Waals surface area contributed by atoms with E-state index in [0.717, 1.165) is 4.47 Å². The van der Waals surface area contributed by atoms with E-state index < -0.39 is 11.8 Å². The van der Waals surface area contributed by atoms with E-state index in [0.29, 0.717) is 11.3 Å². The second kappa shape index (κ2) is 8.37. The minimum absolute atomic E-state index is 0.0185. The molecule has 0 aliphatic carbocycles. The van der Waals surface area contributed by atoms with E-state index in [1.807, 2.05) is 12.1 Å². The summed E-state index contributed by atoms with van der Waals surface area (Å²) in [5.41, 5.74) is 1.13. The molecule has 3 N–H and O–H groups in total. The molecular weight excluding hydrogens is 412 g/mol. The van der Waals surface area contributed by atoms with Gasteiger partial charge in [-0.25, -0.2) is 0 Å². The Morgan fingerprint density at radius 2 is 1.85 bits per heavy atom. The number of hydrogen-bond donors (Lipinski definition) is 3. The third-order valence-electron chi connectivity index (χ3n) is 3.50. The second-order valence-corrected chi connectivity index (χ2v) is 6.46. The molecule has 0 saturated heterocycles. The van der Waals surface area contributed by atoms with Crippen molar-refractivity contribution in [1.29, 1.82) is 0 Å². The highest BCUT2D eigenvalue weighted by atomic mass is 79.9. The maximum atomic E-state index is 12.7. The molecule has 3 aromatic rings. The van der Waals surface area contributed by atoms with Crippen LogP contribution in [0, 0.1) is 0 Å². The van der Waals surface area contributed by atoms with Crippen LogP contribution < -0.4 is 10.6 Å². The highest BCUT2D eigenvalue weighted by Gasteiger charge is 2.16. The maximum Gasteiger partial charge on any atom is 0.291 e. The van der Waals surface area contributed by atoms with Gasteiger partial charge in [-0.05, 0) is 48.0 Å². The Kier molecular flexibility index (Phi) is 5.73. The van der Waals surface area contributed by atoms with Gasteiger partial charge in [-0.3, -0.25) is 9.59 Å². The van der Waals surface area contributed by atoms with Gasteiger partial charge in [-0.1, -0.05) is 34.1 Å². The summed E-state index contributed by atoms with van der Waals surface area (Å²) in [4.78, 5) is 25.0. The van der Waals surface area contributed by atoms with Crippen LogP contribution in [0.15, 0.2) is 81.5 Å². The van der Waals surface area contributed by atoms with E-state index in [2.05, 4.69) is 26.6 Å². The van der Waals surface area contributed by atoms with Crippen LogP contribution in [0.2, 0.25) is 0 Å². The Bertz CT molecular complexity index is 997. The van der Waals surface area contributed by atoms with E-state index >= 15 is 0 Å². The molecule has 2 amide bonds. The second-order valence-electron chi connectivity index (χ2n) is 5.55. The quantitative estimate of drug-likeness (QED) is 0.534. The summed E-state index contributed by atoms with van der Waals surface area (Å²) in [5, 5.41) is 14.8. The van der Waals surface area contributed by atoms with E-state index in [-0.39, 0.29) is 17.2 Å². The molecule has 0 bridgehead atoms. The highest BCUT2D eigenvalue weighted by Crippen LogP contribution is 2.18. The molecule has 0 aliphatic rings. The van der Waals surface area contributed by atoms with Gasteiger partial charge in [-0.2, -0.15) is 0 Å². The lowest BCUT2D eigenvalue weighted by Gasteiger charge is -2.11. The zero-order valence-corrected chi connectivity index (χ0v) is 15.6. The van der Waals surface area contributed by atoms with Gasteiger partial charge in [0.15, 0.2) is 5.76 Å². The SMILES string of the molecule is O=C(Nc1cccc(O)c1)/C(=C/c1cccc(Br)c1)NC(=O)c1ccco1. The van der Waals surface area contributed by atoms with Gasteiger partial charge >= 0.3 is 0 Å². The molecule has 6 nitrogen and oxygen atoms in total. The molecule has 136 valence electrons. The fourth-order valence-corrected chi connectivity index (χ4v) is 2.71. The van der Waals surface area contributed by atoms with Gasteiger partial charge in [0.25, 0.3) is 11.8 Å². The molecule has 2 aromatic carbocycles. The van der Waals surface area contributed by atoms with Gasteiger partial charge in [0.1, 0.15) is 11.4 Å². The number of rotatable bonds is 5.